The van der Waals surface area contributed by atoms with Crippen LogP contribution in [-0.4, -0.2) is 37.2 Å². The second-order valence-electron chi connectivity index (χ2n) is 18.1. The highest BCUT2D eigenvalue weighted by Gasteiger charge is 2.19. The molecule has 0 N–H and O–H groups in total. The van der Waals surface area contributed by atoms with Crippen LogP contribution in [0.15, 0.2) is 97.2 Å². The van der Waals surface area contributed by atoms with Crippen molar-refractivity contribution in [3.8, 4) is 0 Å². The fourth-order valence-electron chi connectivity index (χ4n) is 7.38. The lowest BCUT2D eigenvalue weighted by molar-refractivity contribution is -0.166. The Balaban J connectivity index is 4.46. The summed E-state index contributed by atoms with van der Waals surface area (Å²) in [4.78, 5) is 38.0. The van der Waals surface area contributed by atoms with Gasteiger partial charge in [0.05, 0.1) is 0 Å². The average molecular weight is 931 g/mol. The van der Waals surface area contributed by atoms with Crippen LogP contribution in [-0.2, 0) is 28.6 Å². The zero-order valence-corrected chi connectivity index (χ0v) is 43.6. The quantitative estimate of drug-likeness (QED) is 0.0262. The van der Waals surface area contributed by atoms with Crippen molar-refractivity contribution in [1.29, 1.82) is 0 Å². The Bertz CT molecular complexity index is 1350. The van der Waals surface area contributed by atoms with E-state index in [2.05, 4.69) is 112 Å². The van der Waals surface area contributed by atoms with Gasteiger partial charge in [-0.1, -0.05) is 227 Å². The van der Waals surface area contributed by atoms with E-state index in [1.54, 1.807) is 0 Å². The molecule has 0 rings (SSSR count). The molecule has 0 aromatic rings. The number of allylic oxidation sites excluding steroid dienone is 16. The SMILES string of the molecule is CC/C=C\C/C=C\C/C=C\C/C=C\C/C=C\C/C=C\CCC(=O)OC[C@H](COC(=O)CCCCCCC/C=C\CCCC)OC(=O)CCCCCCCCCCC/C=C\CCCCCCCC. The van der Waals surface area contributed by atoms with Crippen molar-refractivity contribution >= 4 is 17.9 Å². The van der Waals surface area contributed by atoms with Gasteiger partial charge in [0.1, 0.15) is 13.2 Å². The molecular weight excluding hydrogens is 829 g/mol. The van der Waals surface area contributed by atoms with Gasteiger partial charge in [0.2, 0.25) is 0 Å². The third kappa shape index (κ3) is 53.2. The Morgan fingerprint density at radius 3 is 1.04 bits per heavy atom. The molecule has 0 aliphatic heterocycles. The minimum absolute atomic E-state index is 0.106. The van der Waals surface area contributed by atoms with Gasteiger partial charge >= 0.3 is 17.9 Å². The summed E-state index contributed by atoms with van der Waals surface area (Å²) in [5.74, 6) is -1.00. The Morgan fingerprint density at radius 1 is 0.313 bits per heavy atom. The Morgan fingerprint density at radius 2 is 0.627 bits per heavy atom. The molecule has 1 atom stereocenters. The fourth-order valence-corrected chi connectivity index (χ4v) is 7.38. The molecule has 67 heavy (non-hydrogen) atoms. The first-order valence-electron chi connectivity index (χ1n) is 27.7. The maximum absolute atomic E-state index is 12.8. The lowest BCUT2D eigenvalue weighted by atomic mass is 10.1. The van der Waals surface area contributed by atoms with E-state index in [9.17, 15) is 14.4 Å². The Hall–Kier alpha value is -3.67. The van der Waals surface area contributed by atoms with Crippen LogP contribution < -0.4 is 0 Å². The first-order valence-corrected chi connectivity index (χ1v) is 27.7. The predicted octanol–water partition coefficient (Wildman–Crippen LogP) is 18.5. The van der Waals surface area contributed by atoms with Crippen LogP contribution in [0.1, 0.15) is 252 Å². The third-order valence-corrected chi connectivity index (χ3v) is 11.6. The summed E-state index contributed by atoms with van der Waals surface area (Å²) in [5.41, 5.74) is 0. The average Bonchev–Trinajstić information content (AvgIpc) is 3.33. The lowest BCUT2D eigenvalue weighted by Crippen LogP contribution is -2.30. The lowest BCUT2D eigenvalue weighted by Gasteiger charge is -2.18. The monoisotopic (exact) mass is 931 g/mol. The number of hydrogen-bond acceptors (Lipinski definition) is 6. The summed E-state index contributed by atoms with van der Waals surface area (Å²) in [6, 6.07) is 0. The number of carbonyl (C=O) groups is 3. The van der Waals surface area contributed by atoms with Crippen LogP contribution in [0.2, 0.25) is 0 Å². The molecule has 0 unspecified atom stereocenters. The van der Waals surface area contributed by atoms with Crippen molar-refractivity contribution in [3.05, 3.63) is 97.2 Å². The summed E-state index contributed by atoms with van der Waals surface area (Å²) in [5, 5.41) is 0. The van der Waals surface area contributed by atoms with Crippen molar-refractivity contribution in [3.63, 3.8) is 0 Å². The molecule has 0 saturated carbocycles. The van der Waals surface area contributed by atoms with Gasteiger partial charge in [-0.25, -0.2) is 0 Å². The molecule has 6 heteroatoms. The molecule has 0 saturated heterocycles. The molecule has 0 bridgehead atoms. The molecule has 0 amide bonds. The number of carbonyl (C=O) groups excluding carboxylic acids is 3. The summed E-state index contributed by atoms with van der Waals surface area (Å²) in [6.45, 7) is 6.41. The summed E-state index contributed by atoms with van der Waals surface area (Å²) in [6.07, 6.45) is 72.7. The van der Waals surface area contributed by atoms with Crippen molar-refractivity contribution in [2.24, 2.45) is 0 Å². The van der Waals surface area contributed by atoms with Crippen molar-refractivity contribution in [1.82, 2.24) is 0 Å². The van der Waals surface area contributed by atoms with Crippen LogP contribution in [0.5, 0.6) is 0 Å². The van der Waals surface area contributed by atoms with Crippen LogP contribution in [0.4, 0.5) is 0 Å². The molecule has 382 valence electrons. The largest absolute Gasteiger partial charge is 0.462 e. The second-order valence-corrected chi connectivity index (χ2v) is 18.1. The van der Waals surface area contributed by atoms with E-state index in [4.69, 9.17) is 14.2 Å². The fraction of sp³-hybridized carbons (Fsp3) is 0.689. The summed E-state index contributed by atoms with van der Waals surface area (Å²) >= 11 is 0. The van der Waals surface area contributed by atoms with E-state index in [0.29, 0.717) is 19.3 Å². The van der Waals surface area contributed by atoms with Gasteiger partial charge in [-0.3, -0.25) is 14.4 Å². The minimum Gasteiger partial charge on any atom is -0.462 e. The molecule has 0 spiro atoms. The standard InChI is InChI=1S/C61H102O6/c1-4-7-10-13-16-19-22-24-26-28-30-32-34-36-39-42-45-48-51-54-60(63)66-57-58(56-65-59(62)53-50-47-44-41-38-21-18-15-12-9-6-3)67-61(64)55-52-49-46-43-40-37-35-33-31-29-27-25-23-20-17-14-11-8-5-2/h7,10,15-16,18-19,24-27,30,32,36,39,45,48,58H,4-6,8-9,11-14,17,20-23,28-29,31,33-35,37-38,40-44,46-47,49-57H2,1-3H3/b10-7-,18-15-,19-16-,26-24-,27-25-,32-30-,39-36-,48-45-/t58-/m0/s1. The Kier molecular flexibility index (Phi) is 51.9. The van der Waals surface area contributed by atoms with Crippen molar-refractivity contribution in [2.45, 2.75) is 258 Å². The van der Waals surface area contributed by atoms with Gasteiger partial charge in [0, 0.05) is 19.3 Å². The van der Waals surface area contributed by atoms with E-state index >= 15 is 0 Å². The molecular formula is C61H102O6. The molecule has 0 aliphatic carbocycles. The first kappa shape index (κ1) is 63.3. The van der Waals surface area contributed by atoms with Crippen molar-refractivity contribution in [2.75, 3.05) is 13.2 Å². The van der Waals surface area contributed by atoms with Crippen LogP contribution >= 0.6 is 0 Å². The maximum Gasteiger partial charge on any atom is 0.306 e. The van der Waals surface area contributed by atoms with Crippen LogP contribution in [0.3, 0.4) is 0 Å². The molecule has 0 fully saturated rings. The zero-order chi connectivity index (χ0) is 48.6. The molecule has 0 aromatic carbocycles. The number of rotatable bonds is 49. The minimum atomic E-state index is -0.813. The van der Waals surface area contributed by atoms with E-state index < -0.39 is 6.10 Å². The highest BCUT2D eigenvalue weighted by molar-refractivity contribution is 5.71. The number of unbranched alkanes of at least 4 members (excludes halogenated alkanes) is 22. The van der Waals surface area contributed by atoms with E-state index in [1.807, 2.05) is 6.08 Å². The van der Waals surface area contributed by atoms with Gasteiger partial charge in [-0.05, 0) is 103 Å². The van der Waals surface area contributed by atoms with Gasteiger partial charge in [-0.2, -0.15) is 0 Å². The van der Waals surface area contributed by atoms with E-state index in [-0.39, 0.29) is 37.5 Å². The highest BCUT2D eigenvalue weighted by atomic mass is 16.6. The second kappa shape index (κ2) is 54.9. The number of ether oxygens (including phenoxy) is 3. The normalized spacial score (nSPS) is 12.8. The maximum atomic E-state index is 12.8. The van der Waals surface area contributed by atoms with Gasteiger partial charge in [-0.15, -0.1) is 0 Å². The van der Waals surface area contributed by atoms with Crippen LogP contribution in [0.25, 0.3) is 0 Å². The molecule has 0 aliphatic rings. The molecule has 6 nitrogen and oxygen atoms in total. The van der Waals surface area contributed by atoms with Crippen molar-refractivity contribution < 1.29 is 28.6 Å². The summed E-state index contributed by atoms with van der Waals surface area (Å²) < 4.78 is 16.7. The predicted molar refractivity (Wildman–Crippen MR) is 288 cm³/mol. The van der Waals surface area contributed by atoms with E-state index in [0.717, 1.165) is 89.9 Å². The molecule has 0 radical (unpaired) electrons. The van der Waals surface area contributed by atoms with E-state index in [1.165, 1.54) is 116 Å². The highest BCUT2D eigenvalue weighted by Crippen LogP contribution is 2.14. The summed E-state index contributed by atoms with van der Waals surface area (Å²) in [7, 11) is 0. The molecule has 0 aromatic heterocycles. The Labute approximate surface area is 413 Å². The number of hydrogen-bond donors (Lipinski definition) is 0. The smallest absolute Gasteiger partial charge is 0.306 e. The zero-order valence-electron chi connectivity index (χ0n) is 43.6. The third-order valence-electron chi connectivity index (χ3n) is 11.6. The van der Waals surface area contributed by atoms with Gasteiger partial charge in [0.25, 0.3) is 0 Å². The van der Waals surface area contributed by atoms with Gasteiger partial charge < -0.3 is 14.2 Å². The molecule has 0 heterocycles. The van der Waals surface area contributed by atoms with Crippen LogP contribution in [0, 0.1) is 0 Å². The van der Waals surface area contributed by atoms with Gasteiger partial charge in [0.15, 0.2) is 6.10 Å². The first-order chi connectivity index (χ1) is 33.0. The topological polar surface area (TPSA) is 78.9 Å². The number of esters is 3.